The molecule has 0 radical (unpaired) electrons. The normalized spacial score (nSPS) is 11.0. The van der Waals surface area contributed by atoms with Crippen molar-refractivity contribution in [2.24, 2.45) is 0 Å². The summed E-state index contributed by atoms with van der Waals surface area (Å²) in [6, 6.07) is 13.8. The van der Waals surface area contributed by atoms with Gasteiger partial charge in [0.2, 0.25) is 5.76 Å². The van der Waals surface area contributed by atoms with Gasteiger partial charge in [0, 0.05) is 10.9 Å². The average molecular weight is 324 g/mol. The number of carboxylic acid groups (broad SMARTS) is 1. The van der Waals surface area contributed by atoms with Gasteiger partial charge in [-0.15, -0.1) is 0 Å². The largest absolute Gasteiger partial charge is 0.491 e. The van der Waals surface area contributed by atoms with Crippen molar-refractivity contribution >= 4 is 16.7 Å². The van der Waals surface area contributed by atoms with E-state index < -0.39 is 11.6 Å². The number of benzene rings is 2. The van der Waals surface area contributed by atoms with Crippen molar-refractivity contribution in [3.8, 4) is 16.9 Å². The second kappa shape index (κ2) is 6.20. The third kappa shape index (κ3) is 2.88. The standard InChI is InChI=1S/C19H16O5/c1-11(2)23-13-9-7-12(8-10-13)16-14-5-3-4-6-15(14)19(22)24-17(16)18(20)21/h3-11H,1-2H3,(H,20,21). The summed E-state index contributed by atoms with van der Waals surface area (Å²) >= 11 is 0. The van der Waals surface area contributed by atoms with Gasteiger partial charge in [-0.25, -0.2) is 9.59 Å². The van der Waals surface area contributed by atoms with Gasteiger partial charge in [0.1, 0.15) is 5.75 Å². The van der Waals surface area contributed by atoms with E-state index in [1.54, 1.807) is 48.5 Å². The summed E-state index contributed by atoms with van der Waals surface area (Å²) < 4.78 is 10.6. The minimum Gasteiger partial charge on any atom is -0.491 e. The fourth-order valence-electron chi connectivity index (χ4n) is 2.61. The summed E-state index contributed by atoms with van der Waals surface area (Å²) in [6.45, 7) is 3.85. The van der Waals surface area contributed by atoms with Gasteiger partial charge >= 0.3 is 11.6 Å². The van der Waals surface area contributed by atoms with Gasteiger partial charge in [-0.3, -0.25) is 0 Å². The fraction of sp³-hybridized carbons (Fsp3) is 0.158. The number of hydrogen-bond donors (Lipinski definition) is 1. The van der Waals surface area contributed by atoms with Crippen LogP contribution in [0, 0.1) is 0 Å². The molecular weight excluding hydrogens is 308 g/mol. The Labute approximate surface area is 138 Å². The molecule has 5 nitrogen and oxygen atoms in total. The molecule has 24 heavy (non-hydrogen) atoms. The Kier molecular flexibility index (Phi) is 4.08. The SMILES string of the molecule is CC(C)Oc1ccc(-c2c(C(=O)O)oc(=O)c3ccccc23)cc1. The Bertz CT molecular complexity index is 952. The summed E-state index contributed by atoms with van der Waals surface area (Å²) in [7, 11) is 0. The van der Waals surface area contributed by atoms with Gasteiger partial charge in [0.15, 0.2) is 0 Å². The van der Waals surface area contributed by atoms with E-state index in [9.17, 15) is 14.7 Å². The molecule has 0 spiro atoms. The van der Waals surface area contributed by atoms with E-state index in [0.717, 1.165) is 0 Å². The van der Waals surface area contributed by atoms with Crippen LogP contribution in [0.15, 0.2) is 57.7 Å². The molecule has 122 valence electrons. The first-order valence-corrected chi connectivity index (χ1v) is 7.53. The van der Waals surface area contributed by atoms with Gasteiger partial charge in [-0.1, -0.05) is 30.3 Å². The maximum Gasteiger partial charge on any atom is 0.372 e. The first-order valence-electron chi connectivity index (χ1n) is 7.53. The minimum absolute atomic E-state index is 0.0426. The predicted octanol–water partition coefficient (Wildman–Crippen LogP) is 3.95. The van der Waals surface area contributed by atoms with E-state index in [1.165, 1.54) is 0 Å². The number of aromatic carboxylic acids is 1. The van der Waals surface area contributed by atoms with Crippen molar-refractivity contribution in [1.82, 2.24) is 0 Å². The summed E-state index contributed by atoms with van der Waals surface area (Å²) in [6.07, 6.45) is 0.0426. The monoisotopic (exact) mass is 324 g/mol. The summed E-state index contributed by atoms with van der Waals surface area (Å²) in [5.74, 6) is -0.959. The van der Waals surface area contributed by atoms with Gasteiger partial charge < -0.3 is 14.3 Å². The van der Waals surface area contributed by atoms with Crippen LogP contribution in [0.3, 0.4) is 0 Å². The first kappa shape index (κ1) is 15.8. The van der Waals surface area contributed by atoms with Crippen LogP contribution in [-0.4, -0.2) is 17.2 Å². The fourth-order valence-corrected chi connectivity index (χ4v) is 2.61. The first-order chi connectivity index (χ1) is 11.5. The Morgan fingerprint density at radius 1 is 1.04 bits per heavy atom. The lowest BCUT2D eigenvalue weighted by molar-refractivity contribution is 0.0659. The van der Waals surface area contributed by atoms with Crippen LogP contribution in [0.1, 0.15) is 24.4 Å². The van der Waals surface area contributed by atoms with Crippen molar-refractivity contribution in [2.45, 2.75) is 20.0 Å². The van der Waals surface area contributed by atoms with Gasteiger partial charge in [-0.2, -0.15) is 0 Å². The molecule has 0 saturated heterocycles. The van der Waals surface area contributed by atoms with Crippen molar-refractivity contribution in [3.05, 3.63) is 64.7 Å². The molecule has 5 heteroatoms. The molecule has 0 atom stereocenters. The molecule has 1 N–H and O–H groups in total. The highest BCUT2D eigenvalue weighted by Crippen LogP contribution is 2.32. The molecular formula is C19H16O5. The number of rotatable bonds is 4. The number of carbonyl (C=O) groups is 1. The molecule has 0 bridgehead atoms. The maximum atomic E-state index is 12.0. The number of ether oxygens (including phenoxy) is 1. The zero-order valence-electron chi connectivity index (χ0n) is 13.3. The van der Waals surface area contributed by atoms with Crippen molar-refractivity contribution in [3.63, 3.8) is 0 Å². The lowest BCUT2D eigenvalue weighted by Gasteiger charge is -2.12. The lowest BCUT2D eigenvalue weighted by atomic mass is 9.98. The highest BCUT2D eigenvalue weighted by atomic mass is 16.5. The van der Waals surface area contributed by atoms with Crippen LogP contribution in [-0.2, 0) is 0 Å². The summed E-state index contributed by atoms with van der Waals surface area (Å²) in [5.41, 5.74) is 0.365. The molecule has 0 aliphatic carbocycles. The molecule has 3 aromatic rings. The van der Waals surface area contributed by atoms with Crippen molar-refractivity contribution in [2.75, 3.05) is 0 Å². The van der Waals surface area contributed by atoms with Gasteiger partial charge in [-0.05, 0) is 37.6 Å². The summed E-state index contributed by atoms with van der Waals surface area (Å²) in [5, 5.41) is 10.3. The van der Waals surface area contributed by atoms with E-state index in [4.69, 9.17) is 9.15 Å². The average Bonchev–Trinajstić information content (AvgIpc) is 2.55. The Balaban J connectivity index is 2.24. The molecule has 0 saturated carbocycles. The van der Waals surface area contributed by atoms with Gasteiger partial charge in [0.25, 0.3) is 0 Å². The lowest BCUT2D eigenvalue weighted by Crippen LogP contribution is -2.09. The Hall–Kier alpha value is -3.08. The summed E-state index contributed by atoms with van der Waals surface area (Å²) in [4.78, 5) is 23.6. The topological polar surface area (TPSA) is 76.7 Å². The highest BCUT2D eigenvalue weighted by molar-refractivity contribution is 6.04. The quantitative estimate of drug-likeness (QED) is 0.786. The zero-order chi connectivity index (χ0) is 17.3. The number of fused-ring (bicyclic) bond motifs is 1. The van der Waals surface area contributed by atoms with Crippen LogP contribution in [0.4, 0.5) is 0 Å². The second-order valence-electron chi connectivity index (χ2n) is 5.64. The van der Waals surface area contributed by atoms with Gasteiger partial charge in [0.05, 0.1) is 11.5 Å². The molecule has 3 rings (SSSR count). The second-order valence-corrected chi connectivity index (χ2v) is 5.64. The minimum atomic E-state index is -1.28. The zero-order valence-corrected chi connectivity index (χ0v) is 13.3. The van der Waals surface area contributed by atoms with Crippen LogP contribution < -0.4 is 10.4 Å². The third-order valence-electron chi connectivity index (χ3n) is 3.55. The van der Waals surface area contributed by atoms with Crippen molar-refractivity contribution in [1.29, 1.82) is 0 Å². The third-order valence-corrected chi connectivity index (χ3v) is 3.55. The molecule has 1 aromatic heterocycles. The molecule has 1 heterocycles. The Morgan fingerprint density at radius 3 is 2.25 bits per heavy atom. The molecule has 0 aliphatic rings. The van der Waals surface area contributed by atoms with Crippen LogP contribution in [0.25, 0.3) is 21.9 Å². The molecule has 2 aromatic carbocycles. The smallest absolute Gasteiger partial charge is 0.372 e. The van der Waals surface area contributed by atoms with Crippen LogP contribution >= 0.6 is 0 Å². The van der Waals surface area contributed by atoms with E-state index in [-0.39, 0.29) is 11.9 Å². The van der Waals surface area contributed by atoms with E-state index in [0.29, 0.717) is 27.6 Å². The maximum absolute atomic E-state index is 12.0. The molecule has 0 fully saturated rings. The molecule has 0 unspecified atom stereocenters. The predicted molar refractivity (Wildman–Crippen MR) is 90.6 cm³/mol. The Morgan fingerprint density at radius 2 is 1.67 bits per heavy atom. The van der Waals surface area contributed by atoms with Crippen molar-refractivity contribution < 1.29 is 19.1 Å². The number of carboxylic acids is 1. The highest BCUT2D eigenvalue weighted by Gasteiger charge is 2.20. The van der Waals surface area contributed by atoms with Crippen LogP contribution in [0.5, 0.6) is 5.75 Å². The van der Waals surface area contributed by atoms with E-state index >= 15 is 0 Å². The molecule has 0 amide bonds. The van der Waals surface area contributed by atoms with E-state index in [2.05, 4.69) is 0 Å². The number of hydrogen-bond acceptors (Lipinski definition) is 4. The van der Waals surface area contributed by atoms with E-state index in [1.807, 2.05) is 13.8 Å². The van der Waals surface area contributed by atoms with Crippen LogP contribution in [0.2, 0.25) is 0 Å². The molecule has 0 aliphatic heterocycles.